The monoisotopic (exact) mass is 259 g/mol. The van der Waals surface area contributed by atoms with Gasteiger partial charge in [0.25, 0.3) is 0 Å². The lowest BCUT2D eigenvalue weighted by Crippen LogP contribution is -2.10. The van der Waals surface area contributed by atoms with E-state index in [9.17, 15) is 0 Å². The first kappa shape index (κ1) is 12.0. The molecular formula is C14H17N3O2. The SMILES string of the molecule is CNCc1c(-c2cc3c(cc2C)OCO3)cnn1C. The fraction of sp³-hybridized carbons (Fsp3) is 0.357. The highest BCUT2D eigenvalue weighted by Crippen LogP contribution is 2.39. The van der Waals surface area contributed by atoms with Gasteiger partial charge in [0.1, 0.15) is 0 Å². The molecule has 1 aliphatic rings. The molecule has 0 radical (unpaired) electrons. The number of rotatable bonds is 3. The minimum Gasteiger partial charge on any atom is -0.454 e. The Labute approximate surface area is 112 Å². The van der Waals surface area contributed by atoms with Gasteiger partial charge in [0, 0.05) is 19.2 Å². The van der Waals surface area contributed by atoms with Gasteiger partial charge in [-0.2, -0.15) is 5.10 Å². The van der Waals surface area contributed by atoms with Crippen molar-refractivity contribution in [3.05, 3.63) is 29.6 Å². The van der Waals surface area contributed by atoms with Gasteiger partial charge in [-0.25, -0.2) is 0 Å². The molecule has 0 saturated carbocycles. The zero-order valence-corrected chi connectivity index (χ0v) is 11.4. The van der Waals surface area contributed by atoms with Gasteiger partial charge in [-0.1, -0.05) is 0 Å². The van der Waals surface area contributed by atoms with E-state index in [2.05, 4.69) is 17.3 Å². The molecule has 19 heavy (non-hydrogen) atoms. The van der Waals surface area contributed by atoms with Crippen molar-refractivity contribution in [2.45, 2.75) is 13.5 Å². The van der Waals surface area contributed by atoms with Gasteiger partial charge in [-0.05, 0) is 37.2 Å². The maximum absolute atomic E-state index is 5.46. The standard InChI is InChI=1S/C14H17N3O2/c1-9-4-13-14(19-8-18-13)5-10(9)11-6-16-17(3)12(11)7-15-2/h4-6,15H,7-8H2,1-3H3. The van der Waals surface area contributed by atoms with Crippen LogP contribution in [0.25, 0.3) is 11.1 Å². The first-order valence-electron chi connectivity index (χ1n) is 6.27. The first-order valence-corrected chi connectivity index (χ1v) is 6.27. The van der Waals surface area contributed by atoms with E-state index in [0.717, 1.165) is 40.4 Å². The Bertz CT molecular complexity index is 619. The quantitative estimate of drug-likeness (QED) is 0.913. The number of hydrogen-bond acceptors (Lipinski definition) is 4. The summed E-state index contributed by atoms with van der Waals surface area (Å²) in [7, 11) is 3.89. The van der Waals surface area contributed by atoms with Crippen molar-refractivity contribution in [3.8, 4) is 22.6 Å². The Kier molecular flexibility index (Phi) is 2.91. The van der Waals surface area contributed by atoms with Crippen LogP contribution in [0.2, 0.25) is 0 Å². The van der Waals surface area contributed by atoms with Crippen LogP contribution in [0, 0.1) is 6.92 Å². The van der Waals surface area contributed by atoms with E-state index in [1.165, 1.54) is 0 Å². The molecule has 2 heterocycles. The third kappa shape index (κ3) is 1.96. The van der Waals surface area contributed by atoms with Crippen LogP contribution in [0.3, 0.4) is 0 Å². The van der Waals surface area contributed by atoms with E-state index in [0.29, 0.717) is 6.79 Å². The van der Waals surface area contributed by atoms with E-state index in [-0.39, 0.29) is 0 Å². The summed E-state index contributed by atoms with van der Waals surface area (Å²) in [4.78, 5) is 0. The normalized spacial score (nSPS) is 13.0. The Morgan fingerprint density at radius 2 is 2.00 bits per heavy atom. The number of fused-ring (bicyclic) bond motifs is 1. The molecule has 5 heteroatoms. The molecule has 0 bridgehead atoms. The largest absolute Gasteiger partial charge is 0.454 e. The Morgan fingerprint density at radius 3 is 2.74 bits per heavy atom. The summed E-state index contributed by atoms with van der Waals surface area (Å²) in [6, 6.07) is 4.06. The summed E-state index contributed by atoms with van der Waals surface area (Å²) in [6.45, 7) is 3.15. The van der Waals surface area contributed by atoms with Gasteiger partial charge in [-0.15, -0.1) is 0 Å². The third-order valence-electron chi connectivity index (χ3n) is 3.42. The molecule has 3 rings (SSSR count). The summed E-state index contributed by atoms with van der Waals surface area (Å²) in [5.74, 6) is 1.63. The van der Waals surface area contributed by atoms with Crippen LogP contribution < -0.4 is 14.8 Å². The van der Waals surface area contributed by atoms with Gasteiger partial charge >= 0.3 is 0 Å². The van der Waals surface area contributed by atoms with Crippen LogP contribution in [0.4, 0.5) is 0 Å². The first-order chi connectivity index (χ1) is 9.20. The lowest BCUT2D eigenvalue weighted by atomic mass is 10.00. The summed E-state index contributed by atoms with van der Waals surface area (Å²) in [5.41, 5.74) is 4.59. The predicted octanol–water partition coefficient (Wildman–Crippen LogP) is 1.84. The number of aryl methyl sites for hydroxylation is 2. The second-order valence-electron chi connectivity index (χ2n) is 4.68. The fourth-order valence-electron chi connectivity index (χ4n) is 2.40. The summed E-state index contributed by atoms with van der Waals surface area (Å²) in [6.07, 6.45) is 1.90. The molecule has 0 aliphatic carbocycles. The molecular weight excluding hydrogens is 242 g/mol. The highest BCUT2D eigenvalue weighted by atomic mass is 16.7. The van der Waals surface area contributed by atoms with E-state index < -0.39 is 0 Å². The van der Waals surface area contributed by atoms with Crippen molar-refractivity contribution in [2.24, 2.45) is 7.05 Å². The van der Waals surface area contributed by atoms with E-state index in [1.807, 2.05) is 37.1 Å². The number of ether oxygens (including phenoxy) is 2. The van der Waals surface area contributed by atoms with Gasteiger partial charge in [-0.3, -0.25) is 4.68 Å². The molecule has 1 aromatic heterocycles. The van der Waals surface area contributed by atoms with Gasteiger partial charge in [0.2, 0.25) is 6.79 Å². The van der Waals surface area contributed by atoms with Crippen LogP contribution in [0.15, 0.2) is 18.3 Å². The van der Waals surface area contributed by atoms with Crippen LogP contribution >= 0.6 is 0 Å². The number of hydrogen-bond donors (Lipinski definition) is 1. The highest BCUT2D eigenvalue weighted by molar-refractivity contribution is 5.72. The number of aromatic nitrogens is 2. The second kappa shape index (κ2) is 4.59. The van der Waals surface area contributed by atoms with Crippen molar-refractivity contribution >= 4 is 0 Å². The Morgan fingerprint density at radius 1 is 1.26 bits per heavy atom. The number of nitrogens with one attached hydrogen (secondary N) is 1. The van der Waals surface area contributed by atoms with Crippen LogP contribution in [-0.2, 0) is 13.6 Å². The zero-order valence-electron chi connectivity index (χ0n) is 11.4. The van der Waals surface area contributed by atoms with E-state index in [4.69, 9.17) is 9.47 Å². The van der Waals surface area contributed by atoms with Crippen LogP contribution in [0.5, 0.6) is 11.5 Å². The molecule has 0 spiro atoms. The average molecular weight is 259 g/mol. The number of benzene rings is 1. The predicted molar refractivity (Wildman–Crippen MR) is 72.3 cm³/mol. The molecule has 2 aromatic rings. The molecule has 0 fully saturated rings. The topological polar surface area (TPSA) is 48.3 Å². The van der Waals surface area contributed by atoms with Gasteiger partial charge in [0.05, 0.1) is 11.9 Å². The molecule has 1 aliphatic heterocycles. The minimum absolute atomic E-state index is 0.300. The Balaban J connectivity index is 2.12. The lowest BCUT2D eigenvalue weighted by molar-refractivity contribution is 0.174. The molecule has 5 nitrogen and oxygen atoms in total. The minimum atomic E-state index is 0.300. The van der Waals surface area contributed by atoms with Crippen LogP contribution in [-0.4, -0.2) is 23.6 Å². The van der Waals surface area contributed by atoms with Crippen molar-refractivity contribution in [3.63, 3.8) is 0 Å². The molecule has 100 valence electrons. The van der Waals surface area contributed by atoms with Gasteiger partial charge in [0.15, 0.2) is 11.5 Å². The Hall–Kier alpha value is -2.01. The van der Waals surface area contributed by atoms with Crippen LogP contribution in [0.1, 0.15) is 11.3 Å². The van der Waals surface area contributed by atoms with E-state index in [1.54, 1.807) is 0 Å². The summed E-state index contributed by atoms with van der Waals surface area (Å²) in [5, 5.41) is 7.53. The van der Waals surface area contributed by atoms with Crippen molar-refractivity contribution < 1.29 is 9.47 Å². The third-order valence-corrected chi connectivity index (χ3v) is 3.42. The lowest BCUT2D eigenvalue weighted by Gasteiger charge is -2.09. The van der Waals surface area contributed by atoms with Crippen molar-refractivity contribution in [1.29, 1.82) is 0 Å². The smallest absolute Gasteiger partial charge is 0.231 e. The molecule has 0 atom stereocenters. The molecule has 1 N–H and O–H groups in total. The van der Waals surface area contributed by atoms with Crippen molar-refractivity contribution in [2.75, 3.05) is 13.8 Å². The zero-order chi connectivity index (χ0) is 13.4. The maximum atomic E-state index is 5.46. The van der Waals surface area contributed by atoms with Crippen molar-refractivity contribution in [1.82, 2.24) is 15.1 Å². The fourth-order valence-corrected chi connectivity index (χ4v) is 2.40. The molecule has 0 saturated heterocycles. The molecule has 1 aromatic carbocycles. The van der Waals surface area contributed by atoms with E-state index >= 15 is 0 Å². The maximum Gasteiger partial charge on any atom is 0.231 e. The summed E-state index contributed by atoms with van der Waals surface area (Å²) < 4.78 is 12.8. The average Bonchev–Trinajstić information content (AvgIpc) is 2.97. The molecule has 0 unspecified atom stereocenters. The number of nitrogens with zero attached hydrogens (tertiary/aromatic N) is 2. The van der Waals surface area contributed by atoms with Gasteiger partial charge < -0.3 is 14.8 Å². The second-order valence-corrected chi connectivity index (χ2v) is 4.68. The molecule has 0 amide bonds. The summed E-state index contributed by atoms with van der Waals surface area (Å²) >= 11 is 0. The highest BCUT2D eigenvalue weighted by Gasteiger charge is 2.19.